The maximum Gasteiger partial charge on any atom is 0.364 e. The molecule has 0 aromatic heterocycles. The number of amides is 2. The SMILES string of the molecule is CC(=O)N[C@@H]1[C@@H](O[C@@H]2O[C@H](CO)[C@H](O)[C@H](O[C@]3(C(=O)O)C[C@H](O[C@@H]4O[C@@H](C)[C@@H](O)[C@@H](O)[C@@H]4O)[C@@H](O[C@@H]4O[C@@H](C)[C@@H](O)[C@@H](O)[C@@H]4O)[C@H]([C@H](O)[C@H](O)CO)O3)[C@H]2O)[C@@H](O)[C@@H](CO[C@@H]2O[C@H](CO)[C@@H](O[C@@H]3O[C@H](CO)[C@H](O)[C@H](O)[C@H]3O[C@@H]3O[C@@H](C)[C@@H](O)[C@@H](O)[C@@H]3O)[C@H](O)[C@H]2NC(C)=O)O[C@H]1O. The fourth-order valence-corrected chi connectivity index (χ4v) is 12.7. The highest BCUT2D eigenvalue weighted by atomic mass is 16.8. The van der Waals surface area contributed by atoms with Gasteiger partial charge >= 0.3 is 5.97 Å². The van der Waals surface area contributed by atoms with Crippen LogP contribution in [0.2, 0.25) is 0 Å². The maximum atomic E-state index is 13.9. The molecule has 0 bridgehead atoms. The molecule has 0 saturated carbocycles. The van der Waals surface area contributed by atoms with Crippen LogP contribution < -0.4 is 10.6 Å². The number of carbonyl (C=O) groups is 3. The van der Waals surface area contributed by atoms with Gasteiger partial charge in [-0.05, 0) is 20.8 Å². The number of rotatable bonds is 24. The monoisotopic (exact) mass is 1440 g/mol. The van der Waals surface area contributed by atoms with E-state index in [1.54, 1.807) is 0 Å². The Kier molecular flexibility index (Phi) is 27.8. The third kappa shape index (κ3) is 17.0. The van der Waals surface area contributed by atoms with Crippen molar-refractivity contribution in [2.45, 2.75) is 292 Å². The zero-order chi connectivity index (χ0) is 72.6. The summed E-state index contributed by atoms with van der Waals surface area (Å²) in [7, 11) is 0. The first kappa shape index (κ1) is 80.6. The maximum absolute atomic E-state index is 13.9. The molecule has 0 aromatic carbocycles. The summed E-state index contributed by atoms with van der Waals surface area (Å²) in [5.74, 6) is -7.55. The van der Waals surface area contributed by atoms with Gasteiger partial charge in [0.1, 0.15) is 177 Å². The predicted molar refractivity (Wildman–Crippen MR) is 301 cm³/mol. The fourth-order valence-electron chi connectivity index (χ4n) is 12.7. The molecule has 0 aromatic rings. The Balaban J connectivity index is 1.06. The summed E-state index contributed by atoms with van der Waals surface area (Å²) in [5.41, 5.74) is 0. The minimum atomic E-state index is -3.50. The molecule has 0 radical (unpaired) electrons. The van der Waals surface area contributed by atoms with Crippen LogP contribution in [-0.2, 0) is 85.4 Å². The van der Waals surface area contributed by atoms with Crippen molar-refractivity contribution in [2.75, 3.05) is 33.0 Å². The molecule has 8 saturated heterocycles. The van der Waals surface area contributed by atoms with Gasteiger partial charge in [0.2, 0.25) is 11.8 Å². The number of nitrogens with one attached hydrogen (secondary N) is 2. The van der Waals surface area contributed by atoms with E-state index >= 15 is 0 Å². The van der Waals surface area contributed by atoms with Gasteiger partial charge in [0.25, 0.3) is 5.79 Å². The topological polar surface area (TPSA) is 679 Å². The lowest BCUT2D eigenvalue weighted by Gasteiger charge is -2.52. The normalized spacial score (nSPS) is 50.2. The van der Waals surface area contributed by atoms with E-state index in [-0.39, 0.29) is 0 Å². The molecule has 0 unspecified atom stereocenters. The Morgan fingerprint density at radius 1 is 0.439 bits per heavy atom. The summed E-state index contributed by atoms with van der Waals surface area (Å²) in [5, 5.41) is 257. The smallest absolute Gasteiger partial charge is 0.364 e. The lowest BCUT2D eigenvalue weighted by Crippen LogP contribution is -2.71. The van der Waals surface area contributed by atoms with Crippen molar-refractivity contribution in [2.24, 2.45) is 0 Å². The third-order valence-corrected chi connectivity index (χ3v) is 18.3. The van der Waals surface area contributed by atoms with Crippen molar-refractivity contribution in [3.63, 3.8) is 0 Å². The number of carboxylic acid groups (broad SMARTS) is 1. The Hall–Kier alpha value is -3.07. The van der Waals surface area contributed by atoms with Crippen LogP contribution in [0.1, 0.15) is 41.0 Å². The number of aliphatic hydroxyl groups excluding tert-OH is 22. The van der Waals surface area contributed by atoms with Gasteiger partial charge in [-0.15, -0.1) is 0 Å². The number of hydrogen-bond donors (Lipinski definition) is 25. The minimum Gasteiger partial charge on any atom is -0.477 e. The first-order valence-corrected chi connectivity index (χ1v) is 31.3. The van der Waals surface area contributed by atoms with Crippen LogP contribution in [0, 0.1) is 0 Å². The van der Waals surface area contributed by atoms with Crippen molar-refractivity contribution in [1.29, 1.82) is 0 Å². The van der Waals surface area contributed by atoms with E-state index in [1.807, 2.05) is 0 Å². The summed E-state index contributed by atoms with van der Waals surface area (Å²) in [6, 6.07) is -3.69. The zero-order valence-corrected chi connectivity index (χ0v) is 53.0. The highest BCUT2D eigenvalue weighted by Gasteiger charge is 2.64. The minimum absolute atomic E-state index is 0.876. The van der Waals surface area contributed by atoms with Gasteiger partial charge in [-0.2, -0.15) is 0 Å². The summed E-state index contributed by atoms with van der Waals surface area (Å²) in [6.07, 6.45) is -78.0. The molecule has 8 rings (SSSR count). The van der Waals surface area contributed by atoms with E-state index in [0.717, 1.165) is 13.8 Å². The fraction of sp³-hybridized carbons (Fsp3) is 0.945. The molecule has 41 atom stereocenters. The number of carbonyl (C=O) groups excluding carboxylic acids is 2. The second kappa shape index (κ2) is 33.8. The molecule has 25 N–H and O–H groups in total. The number of carboxylic acids is 1. The molecule has 568 valence electrons. The third-order valence-electron chi connectivity index (χ3n) is 18.3. The van der Waals surface area contributed by atoms with E-state index in [9.17, 15) is 132 Å². The Labute approximate surface area is 555 Å². The van der Waals surface area contributed by atoms with Gasteiger partial charge in [-0.1, -0.05) is 0 Å². The highest BCUT2D eigenvalue weighted by molar-refractivity contribution is 5.76. The van der Waals surface area contributed by atoms with Crippen LogP contribution in [-0.4, -0.2) is 419 Å². The Morgan fingerprint density at radius 2 is 0.878 bits per heavy atom. The van der Waals surface area contributed by atoms with Crippen LogP contribution in [0.4, 0.5) is 0 Å². The Bertz CT molecular complexity index is 2560. The van der Waals surface area contributed by atoms with Crippen LogP contribution >= 0.6 is 0 Å². The lowest BCUT2D eigenvalue weighted by atomic mass is 9.89. The van der Waals surface area contributed by atoms with E-state index in [1.165, 1.54) is 20.8 Å². The summed E-state index contributed by atoms with van der Waals surface area (Å²) < 4.78 is 87.4. The first-order chi connectivity index (χ1) is 46.0. The predicted octanol–water partition coefficient (Wildman–Crippen LogP) is -15.9. The van der Waals surface area contributed by atoms with Gasteiger partial charge in [0.15, 0.2) is 44.0 Å². The van der Waals surface area contributed by atoms with Gasteiger partial charge in [0, 0.05) is 20.3 Å². The Morgan fingerprint density at radius 3 is 1.38 bits per heavy atom. The average molecular weight is 1440 g/mol. The van der Waals surface area contributed by atoms with Crippen molar-refractivity contribution < 1.29 is 203 Å². The molecule has 8 aliphatic rings. The molecule has 0 spiro atoms. The molecule has 98 heavy (non-hydrogen) atoms. The lowest BCUT2D eigenvalue weighted by molar-refractivity contribution is -0.408. The number of hydrogen-bond acceptors (Lipinski definition) is 40. The van der Waals surface area contributed by atoms with Crippen molar-refractivity contribution in [3.8, 4) is 0 Å². The standard InChI is InChI=1S/C55H92N2O41/c1-12-25(65)33(73)37(77)49(85-12)89-18-6-55(54(82)83,98-45(28(68)17(64)7-58)42(18)94-50-38(78)34(74)26(66)13(2)86-50)97-44-30(70)20(9-60)90-52(40(44)80)95-43-24(57-16(5)63)47(81)88-22(31(43)71)11-84-48-23(56-15(4)62)32(72)41(21(10-61)92-48)93-53-46(36(76)29(69)19(8-59)91-53)96-51-39(79)35(75)27(67)14(3)87-51/h12-14,17-53,58-61,64-81H,6-11H2,1-5H3,(H,56,62)(H,57,63)(H,82,83)/t12-,13-,14-,17+,18-,19+,20+,21+,22+,23+,24+,25+,26+,27+,28+,29-,30-,31-,32+,33+,34+,35+,36-,37-,38-,39-,40+,41+,42+,43+,44-,45-,46+,47+,48+,49-,50-,51-,52-,53-,55+/m0/s1. The molecule has 8 fully saturated rings. The van der Waals surface area contributed by atoms with Gasteiger partial charge in [-0.25, -0.2) is 4.79 Å². The van der Waals surface area contributed by atoms with Crippen LogP contribution in [0.3, 0.4) is 0 Å². The van der Waals surface area contributed by atoms with Gasteiger partial charge in [-0.3, -0.25) is 9.59 Å². The van der Waals surface area contributed by atoms with Gasteiger partial charge < -0.3 is 199 Å². The number of aliphatic hydroxyl groups is 22. The van der Waals surface area contributed by atoms with Crippen LogP contribution in [0.15, 0.2) is 0 Å². The summed E-state index contributed by atoms with van der Waals surface area (Å²) >= 11 is 0. The van der Waals surface area contributed by atoms with Crippen molar-refractivity contribution in [3.05, 3.63) is 0 Å². The molecule has 0 aliphatic carbocycles. The van der Waals surface area contributed by atoms with Crippen LogP contribution in [0.5, 0.6) is 0 Å². The van der Waals surface area contributed by atoms with Crippen molar-refractivity contribution >= 4 is 17.8 Å². The second-order valence-electron chi connectivity index (χ2n) is 25.3. The van der Waals surface area contributed by atoms with E-state index < -0.39 is 308 Å². The van der Waals surface area contributed by atoms with Gasteiger partial charge in [0.05, 0.1) is 57.5 Å². The summed E-state index contributed by atoms with van der Waals surface area (Å²) in [4.78, 5) is 39.4. The summed E-state index contributed by atoms with van der Waals surface area (Å²) in [6.45, 7) is 0.0843. The largest absolute Gasteiger partial charge is 0.477 e. The quantitative estimate of drug-likeness (QED) is 0.0427. The average Bonchev–Trinajstić information content (AvgIpc) is 0.744. The molecular weight excluding hydrogens is 1340 g/mol. The zero-order valence-electron chi connectivity index (χ0n) is 53.0. The molecule has 8 aliphatic heterocycles. The molecule has 8 heterocycles. The molecule has 43 heteroatoms. The van der Waals surface area contributed by atoms with E-state index in [0.29, 0.717) is 0 Å². The first-order valence-electron chi connectivity index (χ1n) is 31.3. The van der Waals surface area contributed by atoms with E-state index in [4.69, 9.17) is 71.1 Å². The van der Waals surface area contributed by atoms with E-state index in [2.05, 4.69) is 10.6 Å². The molecule has 43 nitrogen and oxygen atoms in total. The molecule has 2 amide bonds. The highest BCUT2D eigenvalue weighted by Crippen LogP contribution is 2.43. The number of aliphatic carboxylic acids is 1. The van der Waals surface area contributed by atoms with Crippen molar-refractivity contribution in [1.82, 2.24) is 10.6 Å². The second-order valence-corrected chi connectivity index (χ2v) is 25.3. The van der Waals surface area contributed by atoms with Crippen LogP contribution in [0.25, 0.3) is 0 Å². The number of ether oxygens (including phenoxy) is 15. The molecular formula is C55H92N2O41.